The minimum atomic E-state index is -0.776. The van der Waals surface area contributed by atoms with Crippen molar-refractivity contribution in [1.29, 1.82) is 0 Å². The van der Waals surface area contributed by atoms with Crippen molar-refractivity contribution in [3.8, 4) is 5.75 Å². The number of ether oxygens (including phenoxy) is 1. The van der Waals surface area contributed by atoms with Gasteiger partial charge in [0.25, 0.3) is 0 Å². The first kappa shape index (κ1) is 26.8. The van der Waals surface area contributed by atoms with E-state index in [1.54, 1.807) is 48.0 Å². The van der Waals surface area contributed by atoms with Crippen molar-refractivity contribution in [2.45, 2.75) is 69.0 Å². The number of amides is 3. The molecular weight excluding hydrogens is 478 g/mol. The SMILES string of the molecule is CCCNC(=O)[C@@H]1[C@H]2C(=O)N([C@@H](CO)CC(C)C)C(C(=O)Nc3ccc(OC)cc3)C23S[C@@H]1CC3C. The van der Waals surface area contributed by atoms with Gasteiger partial charge in [0.05, 0.1) is 36.3 Å². The molecule has 3 aliphatic heterocycles. The summed E-state index contributed by atoms with van der Waals surface area (Å²) in [5, 5.41) is 16.4. The number of methoxy groups -OCH3 is 1. The fraction of sp³-hybridized carbons (Fsp3) is 0.667. The zero-order valence-corrected chi connectivity index (χ0v) is 22.6. The molecule has 3 N–H and O–H groups in total. The topological polar surface area (TPSA) is 108 Å². The maximum absolute atomic E-state index is 14.2. The summed E-state index contributed by atoms with van der Waals surface area (Å²) in [6.45, 7) is 8.51. The molecule has 4 rings (SSSR count). The van der Waals surface area contributed by atoms with Crippen molar-refractivity contribution in [3.05, 3.63) is 24.3 Å². The molecule has 3 aliphatic rings. The Kier molecular flexibility index (Phi) is 7.90. The average Bonchev–Trinajstić information content (AvgIpc) is 3.45. The van der Waals surface area contributed by atoms with Crippen molar-refractivity contribution in [2.75, 3.05) is 25.6 Å². The normalized spacial score (nSPS) is 31.5. The van der Waals surface area contributed by atoms with E-state index in [9.17, 15) is 19.5 Å². The van der Waals surface area contributed by atoms with Gasteiger partial charge in [-0.05, 0) is 55.4 Å². The Morgan fingerprint density at radius 3 is 2.53 bits per heavy atom. The van der Waals surface area contributed by atoms with E-state index < -0.39 is 28.7 Å². The van der Waals surface area contributed by atoms with Gasteiger partial charge in [0.2, 0.25) is 17.7 Å². The number of nitrogens with zero attached hydrogens (tertiary/aromatic N) is 1. The standard InChI is InChI=1S/C27H39N3O5S/c1-6-11-28-24(32)21-20-13-16(4)27(36-20)22(21)26(34)30(18(14-31)12-15(2)3)23(27)25(33)29-17-7-9-19(35-5)10-8-17/h7-10,15-16,18,20-23,31H,6,11-14H2,1-5H3,(H,28,32)(H,29,33)/t16?,18-,20-,21+,22+,23?,27?/m1/s1. The monoisotopic (exact) mass is 517 g/mol. The van der Waals surface area contributed by atoms with E-state index in [0.717, 1.165) is 12.8 Å². The van der Waals surface area contributed by atoms with Gasteiger partial charge in [-0.25, -0.2) is 0 Å². The van der Waals surface area contributed by atoms with Gasteiger partial charge in [-0.1, -0.05) is 27.7 Å². The molecule has 1 aromatic carbocycles. The summed E-state index contributed by atoms with van der Waals surface area (Å²) in [7, 11) is 1.58. The minimum absolute atomic E-state index is 0.00178. The van der Waals surface area contributed by atoms with Crippen molar-refractivity contribution in [3.63, 3.8) is 0 Å². The first-order valence-electron chi connectivity index (χ1n) is 13.0. The second kappa shape index (κ2) is 10.6. The zero-order valence-electron chi connectivity index (χ0n) is 21.8. The van der Waals surface area contributed by atoms with Gasteiger partial charge >= 0.3 is 0 Å². The Morgan fingerprint density at radius 2 is 1.94 bits per heavy atom. The summed E-state index contributed by atoms with van der Waals surface area (Å²) < 4.78 is 4.51. The molecule has 3 fully saturated rings. The van der Waals surface area contributed by atoms with E-state index in [-0.39, 0.29) is 41.4 Å². The zero-order chi connectivity index (χ0) is 26.2. The molecule has 198 valence electrons. The summed E-state index contributed by atoms with van der Waals surface area (Å²) >= 11 is 1.65. The van der Waals surface area contributed by atoms with Crippen LogP contribution in [0.3, 0.4) is 0 Å². The highest BCUT2D eigenvalue weighted by Gasteiger charge is 2.76. The number of fused-ring (bicyclic) bond motifs is 1. The van der Waals surface area contributed by atoms with E-state index in [2.05, 4.69) is 17.6 Å². The maximum atomic E-state index is 14.2. The van der Waals surface area contributed by atoms with E-state index in [4.69, 9.17) is 4.74 Å². The second-order valence-corrected chi connectivity index (χ2v) is 12.3. The first-order chi connectivity index (χ1) is 17.2. The molecule has 0 aromatic heterocycles. The number of hydrogen-bond donors (Lipinski definition) is 3. The van der Waals surface area contributed by atoms with Crippen LogP contribution in [0.5, 0.6) is 5.75 Å². The fourth-order valence-corrected chi connectivity index (χ4v) is 8.93. The third-order valence-electron chi connectivity index (χ3n) is 7.99. The second-order valence-electron chi connectivity index (χ2n) is 10.8. The number of carbonyl (C=O) groups is 3. The summed E-state index contributed by atoms with van der Waals surface area (Å²) in [5.74, 6) is -0.611. The minimum Gasteiger partial charge on any atom is -0.497 e. The van der Waals surface area contributed by atoms with Crippen LogP contribution in [0.1, 0.15) is 47.0 Å². The van der Waals surface area contributed by atoms with E-state index in [1.165, 1.54) is 0 Å². The number of nitrogens with one attached hydrogen (secondary N) is 2. The number of rotatable bonds is 10. The predicted octanol–water partition coefficient (Wildman–Crippen LogP) is 2.90. The molecule has 0 saturated carbocycles. The third-order valence-corrected chi connectivity index (χ3v) is 10.1. The average molecular weight is 518 g/mol. The van der Waals surface area contributed by atoms with Gasteiger partial charge in [-0.2, -0.15) is 0 Å². The number of benzene rings is 1. The highest BCUT2D eigenvalue weighted by molar-refractivity contribution is 8.02. The molecule has 3 saturated heterocycles. The van der Waals surface area contributed by atoms with Crippen LogP contribution in [0.4, 0.5) is 5.69 Å². The van der Waals surface area contributed by atoms with Gasteiger partial charge in [0, 0.05) is 17.5 Å². The van der Waals surface area contributed by atoms with Crippen molar-refractivity contribution in [1.82, 2.24) is 10.2 Å². The molecule has 0 aliphatic carbocycles. The Labute approximate surface area is 217 Å². The summed E-state index contributed by atoms with van der Waals surface area (Å²) in [5.41, 5.74) is 0.611. The number of thioether (sulfide) groups is 1. The van der Waals surface area contributed by atoms with E-state index in [1.807, 2.05) is 20.8 Å². The Bertz CT molecular complexity index is 986. The summed E-state index contributed by atoms with van der Waals surface area (Å²) in [6, 6.07) is 5.83. The lowest BCUT2D eigenvalue weighted by Gasteiger charge is -2.40. The molecule has 36 heavy (non-hydrogen) atoms. The van der Waals surface area contributed by atoms with Gasteiger partial charge in [-0.15, -0.1) is 11.8 Å². The molecule has 0 radical (unpaired) electrons. The Hall–Kier alpha value is -2.26. The summed E-state index contributed by atoms with van der Waals surface area (Å²) in [6.07, 6.45) is 2.18. The smallest absolute Gasteiger partial charge is 0.248 e. The number of hydrogen-bond acceptors (Lipinski definition) is 6. The molecule has 3 unspecified atom stereocenters. The molecular formula is C27H39N3O5S. The molecule has 7 atom stereocenters. The van der Waals surface area contributed by atoms with Crippen LogP contribution < -0.4 is 15.4 Å². The van der Waals surface area contributed by atoms with Crippen LogP contribution in [-0.4, -0.2) is 70.1 Å². The van der Waals surface area contributed by atoms with Crippen molar-refractivity contribution in [2.24, 2.45) is 23.7 Å². The largest absolute Gasteiger partial charge is 0.497 e. The molecule has 8 nitrogen and oxygen atoms in total. The van der Waals surface area contributed by atoms with Gasteiger partial charge in [-0.3, -0.25) is 14.4 Å². The van der Waals surface area contributed by atoms with Crippen LogP contribution in [0.15, 0.2) is 24.3 Å². The van der Waals surface area contributed by atoms with Gasteiger partial charge in [0.15, 0.2) is 0 Å². The lowest BCUT2D eigenvalue weighted by atomic mass is 9.66. The molecule has 9 heteroatoms. The molecule has 3 amide bonds. The van der Waals surface area contributed by atoms with Crippen LogP contribution in [0.25, 0.3) is 0 Å². The quantitative estimate of drug-likeness (QED) is 0.441. The molecule has 2 bridgehead atoms. The fourth-order valence-electron chi connectivity index (χ4n) is 6.52. The van der Waals surface area contributed by atoms with E-state index >= 15 is 0 Å². The van der Waals surface area contributed by atoms with Crippen molar-refractivity contribution >= 4 is 35.2 Å². The van der Waals surface area contributed by atoms with Gasteiger partial charge < -0.3 is 25.4 Å². The first-order valence-corrected chi connectivity index (χ1v) is 13.9. The highest BCUT2D eigenvalue weighted by Crippen LogP contribution is 2.68. The maximum Gasteiger partial charge on any atom is 0.248 e. The lowest BCUT2D eigenvalue weighted by Crippen LogP contribution is -2.57. The number of anilines is 1. The van der Waals surface area contributed by atoms with Crippen molar-refractivity contribution < 1.29 is 24.2 Å². The van der Waals surface area contributed by atoms with Crippen LogP contribution >= 0.6 is 11.8 Å². The number of carbonyl (C=O) groups excluding carboxylic acids is 3. The molecule has 1 aromatic rings. The van der Waals surface area contributed by atoms with Crippen LogP contribution in [0, 0.1) is 23.7 Å². The number of likely N-dealkylation sites (tertiary alicyclic amines) is 1. The van der Waals surface area contributed by atoms with Crippen LogP contribution in [0.2, 0.25) is 0 Å². The number of aliphatic hydroxyl groups is 1. The third kappa shape index (κ3) is 4.38. The Morgan fingerprint density at radius 1 is 1.25 bits per heavy atom. The lowest BCUT2D eigenvalue weighted by molar-refractivity contribution is -0.142. The highest BCUT2D eigenvalue weighted by atomic mass is 32.2. The van der Waals surface area contributed by atoms with Crippen LogP contribution in [-0.2, 0) is 14.4 Å². The van der Waals surface area contributed by atoms with E-state index in [0.29, 0.717) is 24.4 Å². The molecule has 3 heterocycles. The molecule has 1 spiro atoms. The summed E-state index contributed by atoms with van der Waals surface area (Å²) in [4.78, 5) is 43.1. The predicted molar refractivity (Wildman–Crippen MR) is 141 cm³/mol. The Balaban J connectivity index is 1.74. The number of aliphatic hydroxyl groups excluding tert-OH is 1. The van der Waals surface area contributed by atoms with Gasteiger partial charge in [0.1, 0.15) is 11.8 Å².